The zero-order valence-corrected chi connectivity index (χ0v) is 12.9. The highest BCUT2D eigenvalue weighted by atomic mass is 79.9. The Morgan fingerprint density at radius 3 is 3.05 bits per heavy atom. The quantitative estimate of drug-likeness (QED) is 0.797. The second-order valence-electron chi connectivity index (χ2n) is 4.62. The Bertz CT molecular complexity index is 747. The summed E-state index contributed by atoms with van der Waals surface area (Å²) >= 11 is 3.67. The fourth-order valence-corrected chi connectivity index (χ4v) is 3.04. The van der Waals surface area contributed by atoms with Crippen LogP contribution in [0.3, 0.4) is 0 Å². The van der Waals surface area contributed by atoms with Gasteiger partial charge in [0.05, 0.1) is 15.9 Å². The molecule has 0 saturated heterocycles. The van der Waals surface area contributed by atoms with Gasteiger partial charge in [-0.3, -0.25) is 4.68 Å². The molecule has 6 heteroatoms. The van der Waals surface area contributed by atoms with Crippen LogP contribution in [0.4, 0.5) is 0 Å². The smallest absolute Gasteiger partial charge is 0.181 e. The van der Waals surface area contributed by atoms with Crippen LogP contribution in [0.15, 0.2) is 33.5 Å². The molecule has 1 aromatic carbocycles. The highest BCUT2D eigenvalue weighted by Crippen LogP contribution is 2.32. The molecule has 5 nitrogen and oxygen atoms in total. The highest BCUT2D eigenvalue weighted by Gasteiger charge is 2.16. The molecule has 0 unspecified atom stereocenters. The maximum atomic E-state index is 5.37. The number of benzene rings is 1. The van der Waals surface area contributed by atoms with Gasteiger partial charge in [0.2, 0.25) is 0 Å². The van der Waals surface area contributed by atoms with Crippen LogP contribution in [0.5, 0.6) is 0 Å². The summed E-state index contributed by atoms with van der Waals surface area (Å²) in [5.74, 6) is 0. The van der Waals surface area contributed by atoms with E-state index in [-0.39, 0.29) is 0 Å². The molecule has 0 aliphatic heterocycles. The Balaban J connectivity index is 2.06. The van der Waals surface area contributed by atoms with Gasteiger partial charge >= 0.3 is 0 Å². The Morgan fingerprint density at radius 1 is 1.40 bits per heavy atom. The molecule has 2 aromatic heterocycles. The summed E-state index contributed by atoms with van der Waals surface area (Å²) in [5.41, 5.74) is 4.81. The molecule has 0 bridgehead atoms. The fourth-order valence-electron chi connectivity index (χ4n) is 2.27. The van der Waals surface area contributed by atoms with E-state index in [0.717, 1.165) is 45.5 Å². The van der Waals surface area contributed by atoms with Crippen molar-refractivity contribution >= 4 is 27.0 Å². The number of halogens is 1. The van der Waals surface area contributed by atoms with Crippen molar-refractivity contribution in [2.45, 2.75) is 6.42 Å². The summed E-state index contributed by atoms with van der Waals surface area (Å²) < 4.78 is 8.30. The summed E-state index contributed by atoms with van der Waals surface area (Å²) in [4.78, 5) is 4.13. The maximum absolute atomic E-state index is 5.37. The second kappa shape index (κ2) is 5.38. The van der Waals surface area contributed by atoms with Crippen LogP contribution in [0.25, 0.3) is 22.4 Å². The lowest BCUT2D eigenvalue weighted by Gasteiger charge is -2.02. The van der Waals surface area contributed by atoms with Gasteiger partial charge in [-0.1, -0.05) is 6.07 Å². The normalized spacial score (nSPS) is 11.3. The van der Waals surface area contributed by atoms with Crippen molar-refractivity contribution in [3.8, 4) is 11.3 Å². The van der Waals surface area contributed by atoms with Gasteiger partial charge in [-0.15, -0.1) is 0 Å². The van der Waals surface area contributed by atoms with Crippen molar-refractivity contribution in [1.29, 1.82) is 0 Å². The van der Waals surface area contributed by atoms with E-state index in [0.29, 0.717) is 0 Å². The number of rotatable bonds is 4. The zero-order chi connectivity index (χ0) is 14.1. The molecule has 0 fully saturated rings. The summed E-state index contributed by atoms with van der Waals surface area (Å²) in [6, 6.07) is 5.99. The molecule has 0 amide bonds. The monoisotopic (exact) mass is 334 g/mol. The number of oxazole rings is 1. The van der Waals surface area contributed by atoms with Gasteiger partial charge in [0.25, 0.3) is 0 Å². The molecule has 0 aliphatic rings. The predicted molar refractivity (Wildman–Crippen MR) is 81.5 cm³/mol. The summed E-state index contributed by atoms with van der Waals surface area (Å²) in [5, 5.41) is 7.71. The van der Waals surface area contributed by atoms with Crippen LogP contribution >= 0.6 is 15.9 Å². The molecular weight excluding hydrogens is 320 g/mol. The average molecular weight is 335 g/mol. The van der Waals surface area contributed by atoms with E-state index >= 15 is 0 Å². The van der Waals surface area contributed by atoms with Gasteiger partial charge in [-0.2, -0.15) is 5.10 Å². The Kier molecular flexibility index (Phi) is 3.58. The van der Waals surface area contributed by atoms with Gasteiger partial charge in [-0.05, 0) is 35.1 Å². The number of nitrogens with one attached hydrogen (secondary N) is 1. The SMILES string of the molecule is CNCCc1nn(C)c(-c2ccc3ncoc3c2)c1Br. The van der Waals surface area contributed by atoms with Gasteiger partial charge in [0, 0.05) is 25.6 Å². The third-order valence-electron chi connectivity index (χ3n) is 3.27. The third-order valence-corrected chi connectivity index (χ3v) is 4.11. The van der Waals surface area contributed by atoms with E-state index in [1.165, 1.54) is 6.39 Å². The lowest BCUT2D eigenvalue weighted by Crippen LogP contribution is -2.11. The molecule has 0 atom stereocenters. The first-order valence-corrected chi connectivity index (χ1v) is 7.19. The van der Waals surface area contributed by atoms with Crippen LogP contribution in [0.2, 0.25) is 0 Å². The fraction of sp³-hybridized carbons (Fsp3) is 0.286. The number of likely N-dealkylation sites (N-methyl/N-ethyl adjacent to an activating group) is 1. The molecule has 0 radical (unpaired) electrons. The van der Waals surface area contributed by atoms with Crippen LogP contribution < -0.4 is 5.32 Å². The molecule has 20 heavy (non-hydrogen) atoms. The first-order valence-electron chi connectivity index (χ1n) is 6.40. The van der Waals surface area contributed by atoms with Crippen molar-refractivity contribution in [1.82, 2.24) is 20.1 Å². The molecule has 0 spiro atoms. The van der Waals surface area contributed by atoms with Gasteiger partial charge < -0.3 is 9.73 Å². The Labute approximate surface area is 125 Å². The van der Waals surface area contributed by atoms with Crippen molar-refractivity contribution in [2.24, 2.45) is 7.05 Å². The third kappa shape index (κ3) is 2.25. The number of hydrogen-bond acceptors (Lipinski definition) is 4. The Morgan fingerprint density at radius 2 is 2.25 bits per heavy atom. The summed E-state index contributed by atoms with van der Waals surface area (Å²) in [6.07, 6.45) is 2.35. The predicted octanol–water partition coefficient (Wildman–Crippen LogP) is 2.75. The zero-order valence-electron chi connectivity index (χ0n) is 11.4. The standard InChI is InChI=1S/C14H15BrN4O/c1-16-6-5-11-13(15)14(19(2)18-11)9-3-4-10-12(7-9)20-8-17-10/h3-4,7-8,16H,5-6H2,1-2H3. The van der Waals surface area contributed by atoms with Crippen LogP contribution in [-0.2, 0) is 13.5 Å². The maximum Gasteiger partial charge on any atom is 0.181 e. The first-order chi connectivity index (χ1) is 9.70. The lowest BCUT2D eigenvalue weighted by atomic mass is 10.1. The largest absolute Gasteiger partial charge is 0.443 e. The van der Waals surface area contributed by atoms with Crippen LogP contribution in [-0.4, -0.2) is 28.4 Å². The Hall–Kier alpha value is -1.66. The van der Waals surface area contributed by atoms with E-state index < -0.39 is 0 Å². The molecule has 1 N–H and O–H groups in total. The minimum atomic E-state index is 0.785. The molecule has 0 saturated carbocycles. The van der Waals surface area contributed by atoms with Gasteiger partial charge in [-0.25, -0.2) is 4.98 Å². The number of fused-ring (bicyclic) bond motifs is 1. The molecule has 3 rings (SSSR count). The van der Waals surface area contributed by atoms with E-state index in [2.05, 4.69) is 31.3 Å². The van der Waals surface area contributed by atoms with Gasteiger partial charge in [0.15, 0.2) is 12.0 Å². The van der Waals surface area contributed by atoms with E-state index in [1.807, 2.05) is 37.0 Å². The lowest BCUT2D eigenvalue weighted by molar-refractivity contribution is 0.602. The van der Waals surface area contributed by atoms with E-state index in [9.17, 15) is 0 Å². The van der Waals surface area contributed by atoms with Crippen molar-refractivity contribution < 1.29 is 4.42 Å². The number of aromatic nitrogens is 3. The van der Waals surface area contributed by atoms with Crippen molar-refractivity contribution in [3.63, 3.8) is 0 Å². The topological polar surface area (TPSA) is 55.9 Å². The van der Waals surface area contributed by atoms with E-state index in [4.69, 9.17) is 4.42 Å². The molecule has 3 aromatic rings. The van der Waals surface area contributed by atoms with Crippen molar-refractivity contribution in [2.75, 3.05) is 13.6 Å². The summed E-state index contributed by atoms with van der Waals surface area (Å²) in [7, 11) is 3.89. The molecule has 104 valence electrons. The molecular formula is C14H15BrN4O. The minimum absolute atomic E-state index is 0.785. The number of aryl methyl sites for hydroxylation is 1. The first kappa shape index (κ1) is 13.3. The van der Waals surface area contributed by atoms with Crippen LogP contribution in [0, 0.1) is 0 Å². The summed E-state index contributed by atoms with van der Waals surface area (Å²) in [6.45, 7) is 0.899. The highest BCUT2D eigenvalue weighted by molar-refractivity contribution is 9.10. The molecule has 0 aliphatic carbocycles. The van der Waals surface area contributed by atoms with Gasteiger partial charge in [0.1, 0.15) is 5.52 Å². The number of nitrogens with zero attached hydrogens (tertiary/aromatic N) is 3. The minimum Gasteiger partial charge on any atom is -0.443 e. The van der Waals surface area contributed by atoms with Crippen LogP contribution in [0.1, 0.15) is 5.69 Å². The number of hydrogen-bond donors (Lipinski definition) is 1. The average Bonchev–Trinajstić information content (AvgIpc) is 3.00. The molecule has 2 heterocycles. The second-order valence-corrected chi connectivity index (χ2v) is 5.41. The van der Waals surface area contributed by atoms with Crippen molar-refractivity contribution in [3.05, 3.63) is 34.8 Å². The van der Waals surface area contributed by atoms with E-state index in [1.54, 1.807) is 0 Å².